The number of allylic oxidation sites excluding steroid dienone is 4. The Bertz CT molecular complexity index is 319. The van der Waals surface area contributed by atoms with Crippen LogP contribution >= 0.6 is 0 Å². The highest BCUT2D eigenvalue weighted by Gasteiger charge is 2.21. The average Bonchev–Trinajstić information content (AvgIpc) is 2.49. The highest BCUT2D eigenvalue weighted by molar-refractivity contribution is 5.97. The van der Waals surface area contributed by atoms with E-state index in [4.69, 9.17) is 4.74 Å². The summed E-state index contributed by atoms with van der Waals surface area (Å²) in [7, 11) is 0. The molecule has 0 unspecified atom stereocenters. The molecule has 0 bridgehead atoms. The van der Waals surface area contributed by atoms with Crippen LogP contribution in [-0.2, 0) is 9.53 Å². The lowest BCUT2D eigenvalue weighted by atomic mass is 9.98. The third-order valence-electron chi connectivity index (χ3n) is 2.10. The fraction of sp³-hybridized carbons (Fsp3) is 0.300. The zero-order valence-electron chi connectivity index (χ0n) is 6.96. The van der Waals surface area contributed by atoms with Crippen LogP contribution in [-0.4, -0.2) is 12.4 Å². The van der Waals surface area contributed by atoms with Gasteiger partial charge in [-0.15, -0.1) is 0 Å². The van der Waals surface area contributed by atoms with E-state index in [0.717, 1.165) is 17.8 Å². The van der Waals surface area contributed by atoms with E-state index in [1.54, 1.807) is 6.92 Å². The maximum absolute atomic E-state index is 11.1. The lowest BCUT2D eigenvalue weighted by Gasteiger charge is -2.11. The molecule has 2 rings (SSSR count). The first-order valence-electron chi connectivity index (χ1n) is 4.03. The van der Waals surface area contributed by atoms with Crippen LogP contribution in [0.4, 0.5) is 0 Å². The number of carbonyl (C=O) groups excluding carboxylic acids is 1. The number of Topliss-reactive ketones (excluding diaryl/α,β-unsaturated/α-hetero) is 1. The van der Waals surface area contributed by atoms with Crippen LogP contribution < -0.4 is 0 Å². The van der Waals surface area contributed by atoms with Crippen molar-refractivity contribution in [3.63, 3.8) is 0 Å². The monoisotopic (exact) mass is 162 g/mol. The third kappa shape index (κ3) is 0.998. The summed E-state index contributed by atoms with van der Waals surface area (Å²) in [5.74, 6) is 0.874. The van der Waals surface area contributed by atoms with E-state index in [9.17, 15) is 4.79 Å². The molecule has 0 fully saturated rings. The van der Waals surface area contributed by atoms with Gasteiger partial charge in [0.25, 0.3) is 0 Å². The van der Waals surface area contributed by atoms with Crippen molar-refractivity contribution in [2.45, 2.75) is 13.3 Å². The Hall–Kier alpha value is -1.31. The van der Waals surface area contributed by atoms with Gasteiger partial charge >= 0.3 is 0 Å². The summed E-state index contributed by atoms with van der Waals surface area (Å²) in [6.45, 7) is 2.18. The van der Waals surface area contributed by atoms with Gasteiger partial charge in [-0.05, 0) is 25.0 Å². The molecule has 0 spiro atoms. The number of ether oxygens (including phenoxy) is 1. The smallest absolute Gasteiger partial charge is 0.163 e. The van der Waals surface area contributed by atoms with Crippen LogP contribution in [0.5, 0.6) is 0 Å². The van der Waals surface area contributed by atoms with Crippen molar-refractivity contribution in [2.75, 3.05) is 6.61 Å². The van der Waals surface area contributed by atoms with Gasteiger partial charge in [-0.25, -0.2) is 0 Å². The molecule has 2 heteroatoms. The maximum Gasteiger partial charge on any atom is 0.163 e. The number of carbonyl (C=O) groups is 1. The van der Waals surface area contributed by atoms with E-state index < -0.39 is 0 Å². The molecule has 12 heavy (non-hydrogen) atoms. The Morgan fingerprint density at radius 1 is 1.58 bits per heavy atom. The zero-order valence-corrected chi connectivity index (χ0v) is 6.96. The summed E-state index contributed by atoms with van der Waals surface area (Å²) in [4.78, 5) is 11.1. The quantitative estimate of drug-likeness (QED) is 0.587. The molecule has 0 radical (unpaired) electrons. The maximum atomic E-state index is 11.1. The van der Waals surface area contributed by atoms with Crippen LogP contribution in [0.15, 0.2) is 35.1 Å². The Balaban J connectivity index is 2.47. The van der Waals surface area contributed by atoms with Crippen LogP contribution in [0, 0.1) is 0 Å². The second kappa shape index (κ2) is 2.63. The molecule has 0 saturated carbocycles. The predicted molar refractivity (Wildman–Crippen MR) is 45.5 cm³/mol. The Kier molecular flexibility index (Phi) is 1.61. The summed E-state index contributed by atoms with van der Waals surface area (Å²) in [5, 5.41) is 0. The topological polar surface area (TPSA) is 26.3 Å². The third-order valence-corrected chi connectivity index (χ3v) is 2.10. The van der Waals surface area contributed by atoms with Crippen molar-refractivity contribution in [1.82, 2.24) is 0 Å². The molecule has 0 atom stereocenters. The van der Waals surface area contributed by atoms with E-state index in [1.807, 2.05) is 18.2 Å². The average molecular weight is 162 g/mol. The van der Waals surface area contributed by atoms with Crippen molar-refractivity contribution in [1.29, 1.82) is 0 Å². The summed E-state index contributed by atoms with van der Waals surface area (Å²) in [5.41, 5.74) is 1.87. The minimum Gasteiger partial charge on any atom is -0.488 e. The number of fused-ring (bicyclic) bond motifs is 1. The molecular weight excluding hydrogens is 152 g/mol. The standard InChI is InChI=1S/C10H10O2/c1-7(11)9-4-2-3-8-5-6-12-10(8)9/h2,4-5H,3,6H2,1H3. The predicted octanol–water partition coefficient (Wildman–Crippen LogP) is 1.75. The molecule has 0 N–H and O–H groups in total. The Morgan fingerprint density at radius 2 is 2.42 bits per heavy atom. The van der Waals surface area contributed by atoms with Crippen molar-refractivity contribution < 1.29 is 9.53 Å². The summed E-state index contributed by atoms with van der Waals surface area (Å²) < 4.78 is 5.35. The normalized spacial score (nSPS) is 20.2. The van der Waals surface area contributed by atoms with Gasteiger partial charge in [0.2, 0.25) is 0 Å². The fourth-order valence-corrected chi connectivity index (χ4v) is 1.49. The lowest BCUT2D eigenvalue weighted by Crippen LogP contribution is -2.04. The second-order valence-corrected chi connectivity index (χ2v) is 2.95. The van der Waals surface area contributed by atoms with Crippen LogP contribution in [0.2, 0.25) is 0 Å². The van der Waals surface area contributed by atoms with E-state index in [-0.39, 0.29) is 5.78 Å². The molecule has 2 nitrogen and oxygen atoms in total. The van der Waals surface area contributed by atoms with Crippen molar-refractivity contribution in [2.24, 2.45) is 0 Å². The van der Waals surface area contributed by atoms with E-state index in [0.29, 0.717) is 12.2 Å². The molecule has 0 saturated heterocycles. The molecule has 0 amide bonds. The van der Waals surface area contributed by atoms with Crippen molar-refractivity contribution in [3.05, 3.63) is 35.1 Å². The highest BCUT2D eigenvalue weighted by Crippen LogP contribution is 2.29. The summed E-state index contributed by atoms with van der Waals surface area (Å²) in [6, 6.07) is 0. The first-order valence-corrected chi connectivity index (χ1v) is 4.03. The lowest BCUT2D eigenvalue weighted by molar-refractivity contribution is -0.113. The van der Waals surface area contributed by atoms with E-state index in [1.165, 1.54) is 0 Å². The number of ketones is 1. The van der Waals surface area contributed by atoms with E-state index in [2.05, 4.69) is 0 Å². The Morgan fingerprint density at radius 3 is 3.17 bits per heavy atom. The first-order chi connectivity index (χ1) is 5.79. The minimum atomic E-state index is 0.0775. The second-order valence-electron chi connectivity index (χ2n) is 2.95. The van der Waals surface area contributed by atoms with Gasteiger partial charge in [-0.3, -0.25) is 4.79 Å². The molecule has 62 valence electrons. The first kappa shape index (κ1) is 7.35. The van der Waals surface area contributed by atoms with Crippen molar-refractivity contribution in [3.8, 4) is 0 Å². The molecule has 0 aromatic carbocycles. The molecule has 0 aromatic rings. The Labute approximate surface area is 71.2 Å². The number of hydrogen-bond acceptors (Lipinski definition) is 2. The zero-order chi connectivity index (χ0) is 8.55. The number of rotatable bonds is 1. The largest absolute Gasteiger partial charge is 0.488 e. The van der Waals surface area contributed by atoms with Gasteiger partial charge in [0.1, 0.15) is 12.4 Å². The molecule has 0 aromatic heterocycles. The van der Waals surface area contributed by atoms with Crippen LogP contribution in [0.3, 0.4) is 0 Å². The van der Waals surface area contributed by atoms with Crippen molar-refractivity contribution >= 4 is 5.78 Å². The fourth-order valence-electron chi connectivity index (χ4n) is 1.49. The van der Waals surface area contributed by atoms with Gasteiger partial charge in [0.05, 0.1) is 5.57 Å². The van der Waals surface area contributed by atoms with Crippen LogP contribution in [0.1, 0.15) is 13.3 Å². The molecular formula is C10H10O2. The van der Waals surface area contributed by atoms with E-state index >= 15 is 0 Å². The summed E-state index contributed by atoms with van der Waals surface area (Å²) >= 11 is 0. The highest BCUT2D eigenvalue weighted by atomic mass is 16.5. The molecule has 1 aliphatic heterocycles. The number of hydrogen-bond donors (Lipinski definition) is 0. The molecule has 1 aliphatic carbocycles. The SMILES string of the molecule is CC(=O)C1=C2OCC=C2CC=C1. The van der Waals surface area contributed by atoms with Gasteiger partial charge in [0.15, 0.2) is 5.78 Å². The van der Waals surface area contributed by atoms with Gasteiger partial charge in [-0.1, -0.05) is 12.2 Å². The molecule has 2 aliphatic rings. The molecule has 1 heterocycles. The van der Waals surface area contributed by atoms with Crippen LogP contribution in [0.25, 0.3) is 0 Å². The summed E-state index contributed by atoms with van der Waals surface area (Å²) in [6.07, 6.45) is 6.77. The minimum absolute atomic E-state index is 0.0775. The van der Waals surface area contributed by atoms with Gasteiger partial charge in [-0.2, -0.15) is 0 Å². The van der Waals surface area contributed by atoms with Gasteiger partial charge in [0, 0.05) is 0 Å². The van der Waals surface area contributed by atoms with Gasteiger partial charge < -0.3 is 4.74 Å².